The van der Waals surface area contributed by atoms with Gasteiger partial charge in [-0.1, -0.05) is 44.6 Å². The molecule has 7 fully saturated rings. The maximum atomic E-state index is 12.0. The van der Waals surface area contributed by atoms with Gasteiger partial charge in [0.05, 0.1) is 37.6 Å². The predicted octanol–water partition coefficient (Wildman–Crippen LogP) is 1.28. The highest BCUT2D eigenvalue weighted by atomic mass is 16.7. The third kappa shape index (κ3) is 5.67. The lowest BCUT2D eigenvalue weighted by molar-refractivity contribution is -0.361. The van der Waals surface area contributed by atoms with E-state index < -0.39 is 91.4 Å². The van der Waals surface area contributed by atoms with Gasteiger partial charge in [-0.05, 0) is 74.5 Å². The van der Waals surface area contributed by atoms with Crippen LogP contribution in [0.3, 0.4) is 0 Å². The summed E-state index contributed by atoms with van der Waals surface area (Å²) in [7, 11) is 0. The Kier molecular flexibility index (Phi) is 9.88. The summed E-state index contributed by atoms with van der Waals surface area (Å²) in [5, 5.41) is 75.1. The minimum Gasteiger partial charge on any atom is -0.394 e. The van der Waals surface area contributed by atoms with E-state index in [1.165, 1.54) is 6.92 Å². The van der Waals surface area contributed by atoms with E-state index in [-0.39, 0.29) is 11.5 Å². The second-order valence-electron chi connectivity index (χ2n) is 17.9. The van der Waals surface area contributed by atoms with Crippen molar-refractivity contribution < 1.29 is 64.2 Å². The van der Waals surface area contributed by atoms with Crippen LogP contribution >= 0.6 is 0 Å². The van der Waals surface area contributed by atoms with Gasteiger partial charge in [0.15, 0.2) is 18.4 Å². The molecule has 0 amide bonds. The molecule has 0 bridgehead atoms. The van der Waals surface area contributed by atoms with Crippen molar-refractivity contribution in [1.29, 1.82) is 0 Å². The molecule has 0 aromatic rings. The number of aliphatic hydroxyl groups excluding tert-OH is 7. The normalized spacial score (nSPS) is 57.5. The van der Waals surface area contributed by atoms with E-state index in [9.17, 15) is 35.7 Å². The Labute approximate surface area is 305 Å². The number of hydrogen-bond acceptors (Lipinski definition) is 13. The van der Waals surface area contributed by atoms with E-state index in [1.807, 2.05) is 0 Å². The average Bonchev–Trinajstić information content (AvgIpc) is 3.56. The number of rotatable bonds is 5. The standard InChI is InChI=1S/C39H60O13/c1-17-8-11-39(47-16-17)18(2)28-25(52-39)14-24-22-7-6-20-12-21(13-27(41)38(20,5)23(22)9-10-37(24,28)4)49-36-33(46)31(44)34(26(15-40)50-36)51-35-32(45)30(43)29(42)19(3)48-35/h6,18-19,21-36,40-46H,1,7-16H2,2-5H3. The van der Waals surface area contributed by atoms with Gasteiger partial charge < -0.3 is 64.2 Å². The zero-order valence-electron chi connectivity index (χ0n) is 30.8. The van der Waals surface area contributed by atoms with Gasteiger partial charge in [-0.25, -0.2) is 0 Å². The summed E-state index contributed by atoms with van der Waals surface area (Å²) >= 11 is 0. The Morgan fingerprint density at radius 2 is 1.62 bits per heavy atom. The summed E-state index contributed by atoms with van der Waals surface area (Å²) in [6.07, 6.45) is -5.87. The fraction of sp³-hybridized carbons (Fsp3) is 0.897. The Bertz CT molecular complexity index is 1380. The second kappa shape index (κ2) is 13.6. The zero-order chi connectivity index (χ0) is 37.1. The summed E-state index contributed by atoms with van der Waals surface area (Å²) in [6, 6.07) is 0. The maximum absolute atomic E-state index is 12.0. The van der Waals surface area contributed by atoms with E-state index in [0.29, 0.717) is 49.0 Å². The monoisotopic (exact) mass is 736 g/mol. The summed E-state index contributed by atoms with van der Waals surface area (Å²) in [5.74, 6) is 1.48. The minimum absolute atomic E-state index is 0.139. The van der Waals surface area contributed by atoms with E-state index in [2.05, 4.69) is 33.4 Å². The van der Waals surface area contributed by atoms with Crippen LogP contribution in [0.5, 0.6) is 0 Å². The van der Waals surface area contributed by atoms with Crippen LogP contribution in [-0.2, 0) is 28.4 Å². The third-order valence-corrected chi connectivity index (χ3v) is 15.4. The summed E-state index contributed by atoms with van der Waals surface area (Å²) < 4.78 is 36.8. The average molecular weight is 737 g/mol. The number of hydrogen-bond donors (Lipinski definition) is 7. The first-order chi connectivity index (χ1) is 24.6. The highest BCUT2D eigenvalue weighted by molar-refractivity contribution is 5.28. The molecule has 13 heteroatoms. The van der Waals surface area contributed by atoms with Crippen molar-refractivity contribution in [2.24, 2.45) is 40.4 Å². The number of ether oxygens (including phenoxy) is 6. The molecule has 4 heterocycles. The molecular formula is C39H60O13. The molecule has 294 valence electrons. The number of aliphatic hydroxyl groups is 7. The van der Waals surface area contributed by atoms with E-state index >= 15 is 0 Å². The van der Waals surface area contributed by atoms with Crippen molar-refractivity contribution in [2.45, 2.75) is 165 Å². The van der Waals surface area contributed by atoms with Crippen LogP contribution in [0.4, 0.5) is 0 Å². The molecule has 8 rings (SSSR count). The van der Waals surface area contributed by atoms with Gasteiger partial charge in [-0.3, -0.25) is 0 Å². The fourth-order valence-corrected chi connectivity index (χ4v) is 12.4. The van der Waals surface area contributed by atoms with Crippen molar-refractivity contribution in [3.63, 3.8) is 0 Å². The molecule has 0 radical (unpaired) electrons. The second-order valence-corrected chi connectivity index (χ2v) is 17.9. The minimum atomic E-state index is -1.64. The van der Waals surface area contributed by atoms with Gasteiger partial charge in [0.2, 0.25) is 0 Å². The van der Waals surface area contributed by atoms with Gasteiger partial charge in [-0.15, -0.1) is 0 Å². The van der Waals surface area contributed by atoms with Gasteiger partial charge in [-0.2, -0.15) is 0 Å². The van der Waals surface area contributed by atoms with E-state index in [0.717, 1.165) is 49.7 Å². The zero-order valence-corrected chi connectivity index (χ0v) is 30.8. The lowest BCUT2D eigenvalue weighted by Crippen LogP contribution is -2.64. The quantitative estimate of drug-likeness (QED) is 0.200. The van der Waals surface area contributed by atoms with Gasteiger partial charge in [0.1, 0.15) is 42.7 Å². The van der Waals surface area contributed by atoms with Crippen LogP contribution in [0, 0.1) is 40.4 Å². The number of allylic oxidation sites excluding steroid dienone is 1. The molecule has 21 unspecified atom stereocenters. The SMILES string of the molecule is C=C1CCC2(OC1)OC1CC3C4CC=C5CC(OC6OC(CO)C(OC7OC(C)C(O)C(O)C7O)C(O)C6O)CC(O)C5(C)C4CCC3(C)C1C2C. The first-order valence-corrected chi connectivity index (χ1v) is 19.6. The van der Waals surface area contributed by atoms with Crippen molar-refractivity contribution in [3.8, 4) is 0 Å². The molecule has 4 saturated heterocycles. The van der Waals surface area contributed by atoms with Gasteiger partial charge >= 0.3 is 0 Å². The molecule has 8 aliphatic rings. The van der Waals surface area contributed by atoms with Gasteiger partial charge in [0.25, 0.3) is 0 Å². The lowest BCUT2D eigenvalue weighted by atomic mass is 9.46. The van der Waals surface area contributed by atoms with Crippen molar-refractivity contribution >= 4 is 0 Å². The van der Waals surface area contributed by atoms with Crippen LogP contribution in [0.25, 0.3) is 0 Å². The Hall–Kier alpha value is -1.04. The lowest BCUT2D eigenvalue weighted by Gasteiger charge is -2.60. The first-order valence-electron chi connectivity index (χ1n) is 19.6. The van der Waals surface area contributed by atoms with Gasteiger partial charge in [0, 0.05) is 24.2 Å². The van der Waals surface area contributed by atoms with Crippen LogP contribution < -0.4 is 0 Å². The highest BCUT2D eigenvalue weighted by Crippen LogP contribution is 2.70. The molecule has 52 heavy (non-hydrogen) atoms. The molecule has 3 saturated carbocycles. The molecule has 1 spiro atoms. The Balaban J connectivity index is 0.936. The van der Waals surface area contributed by atoms with E-state index in [4.69, 9.17) is 28.4 Å². The highest BCUT2D eigenvalue weighted by Gasteiger charge is 2.69. The van der Waals surface area contributed by atoms with Crippen molar-refractivity contribution in [1.82, 2.24) is 0 Å². The Morgan fingerprint density at radius 3 is 2.33 bits per heavy atom. The fourth-order valence-electron chi connectivity index (χ4n) is 12.4. The molecule has 0 aromatic carbocycles. The summed E-state index contributed by atoms with van der Waals surface area (Å²) in [4.78, 5) is 0. The molecule has 4 aliphatic carbocycles. The maximum Gasteiger partial charge on any atom is 0.187 e. The third-order valence-electron chi connectivity index (χ3n) is 15.4. The van der Waals surface area contributed by atoms with E-state index in [1.54, 1.807) is 0 Å². The molecule has 21 atom stereocenters. The van der Waals surface area contributed by atoms with Crippen LogP contribution in [0.2, 0.25) is 0 Å². The van der Waals surface area contributed by atoms with Crippen LogP contribution in [0.15, 0.2) is 23.8 Å². The predicted molar refractivity (Wildman–Crippen MR) is 183 cm³/mol. The smallest absolute Gasteiger partial charge is 0.187 e. The summed E-state index contributed by atoms with van der Waals surface area (Å²) in [5.41, 5.74) is 2.01. The molecule has 13 nitrogen and oxygen atoms in total. The molecule has 4 aliphatic heterocycles. The van der Waals surface area contributed by atoms with Crippen LogP contribution in [-0.4, -0.2) is 134 Å². The first kappa shape index (κ1) is 37.9. The largest absolute Gasteiger partial charge is 0.394 e. The summed E-state index contributed by atoms with van der Waals surface area (Å²) in [6.45, 7) is 12.6. The van der Waals surface area contributed by atoms with Crippen molar-refractivity contribution in [3.05, 3.63) is 23.8 Å². The topological polar surface area (TPSA) is 197 Å². The Morgan fingerprint density at radius 1 is 0.885 bits per heavy atom. The molecule has 0 aromatic heterocycles. The van der Waals surface area contributed by atoms with Crippen LogP contribution in [0.1, 0.15) is 79.1 Å². The van der Waals surface area contributed by atoms with Crippen molar-refractivity contribution in [2.75, 3.05) is 13.2 Å². The number of fused-ring (bicyclic) bond motifs is 7. The molecular weight excluding hydrogens is 676 g/mol. The molecule has 7 N–H and O–H groups in total.